The maximum absolute atomic E-state index is 12.2. The van der Waals surface area contributed by atoms with E-state index in [4.69, 9.17) is 4.74 Å². The van der Waals surface area contributed by atoms with Crippen molar-refractivity contribution in [1.82, 2.24) is 4.90 Å². The van der Waals surface area contributed by atoms with Gasteiger partial charge in [0.1, 0.15) is 12.4 Å². The highest BCUT2D eigenvalue weighted by Crippen LogP contribution is 2.38. The van der Waals surface area contributed by atoms with Gasteiger partial charge in [-0.05, 0) is 50.0 Å². The Morgan fingerprint density at radius 1 is 1.12 bits per heavy atom. The highest BCUT2D eigenvalue weighted by atomic mass is 32.2. The zero-order valence-corrected chi connectivity index (χ0v) is 14.6. The lowest BCUT2D eigenvalue weighted by molar-refractivity contribution is -0.112. The number of nitrogens with one attached hydrogen (secondary N) is 1. The van der Waals surface area contributed by atoms with Crippen LogP contribution in [0.5, 0.6) is 5.75 Å². The normalized spacial score (nSPS) is 15.3. The number of hydrogen-bond donors (Lipinski definition) is 1. The Balaban J connectivity index is 1.69. The molecule has 1 heterocycles. The molecule has 1 N–H and O–H groups in total. The molecular weight excluding hydrogens is 320 g/mol. The molecule has 0 saturated carbocycles. The number of anilines is 1. The van der Waals surface area contributed by atoms with E-state index in [0.717, 1.165) is 28.4 Å². The zero-order valence-electron chi connectivity index (χ0n) is 13.8. The molecule has 2 aromatic carbocycles. The van der Waals surface area contributed by atoms with Gasteiger partial charge in [-0.25, -0.2) is 0 Å². The molecule has 1 amide bonds. The van der Waals surface area contributed by atoms with Gasteiger partial charge >= 0.3 is 0 Å². The van der Waals surface area contributed by atoms with Crippen molar-refractivity contribution in [1.29, 1.82) is 0 Å². The number of ether oxygens (including phenoxy) is 1. The van der Waals surface area contributed by atoms with Crippen LogP contribution in [0.1, 0.15) is 5.56 Å². The van der Waals surface area contributed by atoms with Crippen molar-refractivity contribution >= 4 is 29.4 Å². The number of hydrogen-bond acceptors (Lipinski definition) is 4. The molecule has 24 heavy (non-hydrogen) atoms. The van der Waals surface area contributed by atoms with E-state index in [-0.39, 0.29) is 5.91 Å². The molecule has 0 atom stereocenters. The van der Waals surface area contributed by atoms with Gasteiger partial charge < -0.3 is 15.0 Å². The molecule has 0 aliphatic carbocycles. The molecule has 1 aliphatic rings. The average molecular weight is 340 g/mol. The maximum Gasteiger partial charge on any atom is 0.262 e. The summed E-state index contributed by atoms with van der Waals surface area (Å²) in [7, 11) is 4.04. The van der Waals surface area contributed by atoms with Crippen LogP contribution in [-0.2, 0) is 4.79 Å². The first-order chi connectivity index (χ1) is 11.6. The van der Waals surface area contributed by atoms with Gasteiger partial charge in [-0.1, -0.05) is 36.0 Å². The first-order valence-electron chi connectivity index (χ1n) is 7.79. The lowest BCUT2D eigenvalue weighted by Gasteiger charge is -2.18. The molecule has 0 radical (unpaired) electrons. The van der Waals surface area contributed by atoms with E-state index < -0.39 is 0 Å². The molecule has 4 nitrogen and oxygen atoms in total. The third kappa shape index (κ3) is 4.19. The number of thioether (sulfide) groups is 1. The van der Waals surface area contributed by atoms with E-state index in [0.29, 0.717) is 11.5 Å². The lowest BCUT2D eigenvalue weighted by Crippen LogP contribution is -2.19. The standard InChI is InChI=1S/C19H20N2O2S/c1-21(2)11-12-23-15-9-7-14(8-10-15)13-18-19(22)20-16-5-3-4-6-17(16)24-18/h3-10,13H,11-12H2,1-2H3,(H,20,22). The fourth-order valence-electron chi connectivity index (χ4n) is 2.26. The molecular formula is C19H20N2O2S. The number of carbonyl (C=O) groups excluding carboxylic acids is 1. The second-order valence-corrected chi connectivity index (χ2v) is 6.87. The molecule has 5 heteroatoms. The molecule has 0 aromatic heterocycles. The predicted molar refractivity (Wildman–Crippen MR) is 99.4 cm³/mol. The molecule has 0 spiro atoms. The van der Waals surface area contributed by atoms with Crippen LogP contribution in [-0.4, -0.2) is 38.1 Å². The molecule has 124 valence electrons. The van der Waals surface area contributed by atoms with Gasteiger partial charge in [0.15, 0.2) is 0 Å². The Labute approximate surface area is 146 Å². The Kier molecular flexibility index (Phi) is 5.23. The number of carbonyl (C=O) groups is 1. The largest absolute Gasteiger partial charge is 0.492 e. The van der Waals surface area contributed by atoms with Gasteiger partial charge in [0.25, 0.3) is 5.91 Å². The lowest BCUT2D eigenvalue weighted by atomic mass is 10.2. The first-order valence-corrected chi connectivity index (χ1v) is 8.61. The Hall–Kier alpha value is -2.24. The van der Waals surface area contributed by atoms with E-state index >= 15 is 0 Å². The summed E-state index contributed by atoms with van der Waals surface area (Å²) in [6, 6.07) is 15.6. The molecule has 0 bridgehead atoms. The molecule has 3 rings (SSSR count). The monoisotopic (exact) mass is 340 g/mol. The van der Waals surface area contributed by atoms with Crippen molar-refractivity contribution < 1.29 is 9.53 Å². The van der Waals surface area contributed by atoms with Crippen LogP contribution in [0, 0.1) is 0 Å². The zero-order chi connectivity index (χ0) is 16.9. The highest BCUT2D eigenvalue weighted by Gasteiger charge is 2.20. The van der Waals surface area contributed by atoms with Gasteiger partial charge in [0.05, 0.1) is 10.6 Å². The van der Waals surface area contributed by atoms with Crippen LogP contribution in [0.25, 0.3) is 6.08 Å². The molecule has 1 aliphatic heterocycles. The summed E-state index contributed by atoms with van der Waals surface area (Å²) in [5, 5.41) is 2.92. The Bertz CT molecular complexity index is 754. The molecule has 0 unspecified atom stereocenters. The SMILES string of the molecule is CN(C)CCOc1ccc(C=C2Sc3ccccc3NC2=O)cc1. The van der Waals surface area contributed by atoms with Crippen molar-refractivity contribution in [2.24, 2.45) is 0 Å². The van der Waals surface area contributed by atoms with Crippen LogP contribution >= 0.6 is 11.8 Å². The minimum Gasteiger partial charge on any atom is -0.492 e. The molecule has 2 aromatic rings. The quantitative estimate of drug-likeness (QED) is 0.843. The minimum atomic E-state index is -0.0648. The van der Waals surface area contributed by atoms with Crippen molar-refractivity contribution in [3.05, 3.63) is 59.0 Å². The number of benzene rings is 2. The maximum atomic E-state index is 12.2. The topological polar surface area (TPSA) is 41.6 Å². The van der Waals surface area contributed by atoms with E-state index in [1.807, 2.05) is 68.7 Å². The summed E-state index contributed by atoms with van der Waals surface area (Å²) in [5.74, 6) is 0.773. The van der Waals surface area contributed by atoms with Gasteiger partial charge in [0, 0.05) is 11.4 Å². The van der Waals surface area contributed by atoms with Crippen LogP contribution in [0.2, 0.25) is 0 Å². The van der Waals surface area contributed by atoms with Crippen LogP contribution in [0.3, 0.4) is 0 Å². The number of fused-ring (bicyclic) bond motifs is 1. The smallest absolute Gasteiger partial charge is 0.262 e. The minimum absolute atomic E-state index is 0.0648. The summed E-state index contributed by atoms with van der Waals surface area (Å²) in [6.07, 6.45) is 1.90. The first kappa shape index (κ1) is 16.6. The van der Waals surface area contributed by atoms with Crippen molar-refractivity contribution in [2.75, 3.05) is 32.6 Å². The summed E-state index contributed by atoms with van der Waals surface area (Å²) in [6.45, 7) is 1.53. The van der Waals surface area contributed by atoms with Crippen molar-refractivity contribution in [2.45, 2.75) is 4.90 Å². The fraction of sp³-hybridized carbons (Fsp3) is 0.211. The second-order valence-electron chi connectivity index (χ2n) is 5.78. The highest BCUT2D eigenvalue weighted by molar-refractivity contribution is 8.04. The van der Waals surface area contributed by atoms with E-state index in [9.17, 15) is 4.79 Å². The summed E-state index contributed by atoms with van der Waals surface area (Å²) in [4.78, 5) is 16.0. The van der Waals surface area contributed by atoms with Crippen molar-refractivity contribution in [3.8, 4) is 5.75 Å². The predicted octanol–water partition coefficient (Wildman–Crippen LogP) is 3.71. The van der Waals surface area contributed by atoms with Gasteiger partial charge in [-0.15, -0.1) is 0 Å². The number of nitrogens with zero attached hydrogens (tertiary/aromatic N) is 1. The van der Waals surface area contributed by atoms with Gasteiger partial charge in [-0.2, -0.15) is 0 Å². The third-order valence-electron chi connectivity index (χ3n) is 3.56. The van der Waals surface area contributed by atoms with E-state index in [2.05, 4.69) is 10.2 Å². The summed E-state index contributed by atoms with van der Waals surface area (Å²) in [5.41, 5.74) is 1.85. The third-order valence-corrected chi connectivity index (χ3v) is 4.66. The Morgan fingerprint density at radius 3 is 2.62 bits per heavy atom. The van der Waals surface area contributed by atoms with Crippen LogP contribution in [0.15, 0.2) is 58.3 Å². The number of para-hydroxylation sites is 1. The number of amides is 1. The Morgan fingerprint density at radius 2 is 1.88 bits per heavy atom. The average Bonchev–Trinajstić information content (AvgIpc) is 2.57. The molecule has 0 fully saturated rings. The van der Waals surface area contributed by atoms with Crippen LogP contribution < -0.4 is 10.1 Å². The number of rotatable bonds is 5. The van der Waals surface area contributed by atoms with Gasteiger partial charge in [-0.3, -0.25) is 4.79 Å². The van der Waals surface area contributed by atoms with Crippen LogP contribution in [0.4, 0.5) is 5.69 Å². The summed E-state index contributed by atoms with van der Waals surface area (Å²) < 4.78 is 5.68. The summed E-state index contributed by atoms with van der Waals surface area (Å²) >= 11 is 1.49. The molecule has 0 saturated heterocycles. The fourth-order valence-corrected chi connectivity index (χ4v) is 3.21. The second kappa shape index (κ2) is 7.55. The van der Waals surface area contributed by atoms with Crippen molar-refractivity contribution in [3.63, 3.8) is 0 Å². The van der Waals surface area contributed by atoms with E-state index in [1.165, 1.54) is 11.8 Å². The number of likely N-dealkylation sites (N-methyl/N-ethyl adjacent to an activating group) is 1. The van der Waals surface area contributed by atoms with Gasteiger partial charge in [0.2, 0.25) is 0 Å². The van der Waals surface area contributed by atoms with E-state index in [1.54, 1.807) is 0 Å².